The highest BCUT2D eigenvalue weighted by molar-refractivity contribution is 5.94. The Morgan fingerprint density at radius 3 is 1.38 bits per heavy atom. The summed E-state index contributed by atoms with van der Waals surface area (Å²) in [6, 6.07) is 6.95. The zero-order chi connectivity index (χ0) is 19.4. The van der Waals surface area contributed by atoms with E-state index in [1.807, 2.05) is 0 Å². The van der Waals surface area contributed by atoms with Gasteiger partial charge in [0, 0.05) is 12.1 Å². The third kappa shape index (κ3) is 3.87. The second kappa shape index (κ2) is 7.21. The number of hydrogen-bond acceptors (Lipinski definition) is 6. The maximum Gasteiger partial charge on any atom is 0.342 e. The zero-order valence-corrected chi connectivity index (χ0v) is 12.9. The number of carboxylic acid groups (broad SMARTS) is 2. The summed E-state index contributed by atoms with van der Waals surface area (Å²) in [4.78, 5) is 42.2. The minimum atomic E-state index is -1.44. The van der Waals surface area contributed by atoms with Crippen molar-refractivity contribution in [1.82, 2.24) is 0 Å². The van der Waals surface area contributed by atoms with Crippen LogP contribution in [0.4, 0.5) is 11.4 Å². The Labute approximate surface area is 144 Å². The molecule has 0 radical (unpaired) electrons. The van der Waals surface area contributed by atoms with Crippen molar-refractivity contribution in [3.63, 3.8) is 0 Å². The van der Waals surface area contributed by atoms with Gasteiger partial charge in [-0.25, -0.2) is 9.59 Å². The second-order valence-corrected chi connectivity index (χ2v) is 5.01. The van der Waals surface area contributed by atoms with Gasteiger partial charge in [0.2, 0.25) is 0 Å². The smallest absolute Gasteiger partial charge is 0.342 e. The molecule has 0 atom stereocenters. The van der Waals surface area contributed by atoms with Crippen molar-refractivity contribution in [2.45, 2.75) is 0 Å². The highest BCUT2D eigenvalue weighted by Crippen LogP contribution is 2.24. The van der Waals surface area contributed by atoms with Gasteiger partial charge >= 0.3 is 11.9 Å². The molecule has 0 spiro atoms. The Bertz CT molecular complexity index is 887. The second-order valence-electron chi connectivity index (χ2n) is 5.01. The van der Waals surface area contributed by atoms with Gasteiger partial charge in [0.15, 0.2) is 0 Å². The molecule has 0 amide bonds. The molecule has 0 fully saturated rings. The molecular formula is C16H10N2O8. The number of nitrogens with zero attached hydrogens (tertiary/aromatic N) is 2. The van der Waals surface area contributed by atoms with Gasteiger partial charge in [0.05, 0.1) is 9.85 Å². The molecule has 0 aromatic heterocycles. The normalized spacial score (nSPS) is 10.6. The van der Waals surface area contributed by atoms with E-state index in [2.05, 4.69) is 0 Å². The largest absolute Gasteiger partial charge is 0.477 e. The van der Waals surface area contributed by atoms with Crippen LogP contribution in [0.15, 0.2) is 36.4 Å². The molecule has 2 aromatic rings. The first kappa shape index (κ1) is 18.3. The van der Waals surface area contributed by atoms with Crippen LogP contribution in [0, 0.1) is 20.2 Å². The SMILES string of the molecule is O=C(O)c1ccc(C=Cc2ccc(C(=O)O)c([N+](=O)[O-])c2)cc1[N+](=O)[O-]. The number of rotatable bonds is 6. The highest BCUT2D eigenvalue weighted by Gasteiger charge is 2.20. The van der Waals surface area contributed by atoms with Crippen LogP contribution < -0.4 is 0 Å². The highest BCUT2D eigenvalue weighted by atomic mass is 16.6. The number of nitro benzene ring substituents is 2. The molecule has 0 heterocycles. The molecule has 0 bridgehead atoms. The Morgan fingerprint density at radius 2 is 1.12 bits per heavy atom. The molecule has 0 saturated carbocycles. The fraction of sp³-hybridized carbons (Fsp3) is 0. The summed E-state index contributed by atoms with van der Waals surface area (Å²) in [6.45, 7) is 0. The lowest BCUT2D eigenvalue weighted by Gasteiger charge is -2.01. The van der Waals surface area contributed by atoms with Gasteiger partial charge in [0.25, 0.3) is 11.4 Å². The van der Waals surface area contributed by atoms with Crippen LogP contribution in [0.1, 0.15) is 31.8 Å². The lowest BCUT2D eigenvalue weighted by molar-refractivity contribution is -0.385. The first-order valence-electron chi connectivity index (χ1n) is 6.92. The van der Waals surface area contributed by atoms with Crippen LogP contribution >= 0.6 is 0 Å². The van der Waals surface area contributed by atoms with Gasteiger partial charge in [0.1, 0.15) is 11.1 Å². The first-order valence-corrected chi connectivity index (χ1v) is 6.92. The van der Waals surface area contributed by atoms with E-state index in [1.54, 1.807) is 0 Å². The Hall–Kier alpha value is -4.08. The van der Waals surface area contributed by atoms with E-state index in [1.165, 1.54) is 24.3 Å². The molecule has 2 rings (SSSR count). The van der Waals surface area contributed by atoms with Gasteiger partial charge in [-0.15, -0.1) is 0 Å². The van der Waals surface area contributed by atoms with Gasteiger partial charge in [-0.05, 0) is 23.3 Å². The van der Waals surface area contributed by atoms with Gasteiger partial charge in [-0.2, -0.15) is 0 Å². The van der Waals surface area contributed by atoms with E-state index in [0.717, 1.165) is 24.3 Å². The Morgan fingerprint density at radius 1 is 0.769 bits per heavy atom. The quantitative estimate of drug-likeness (QED) is 0.452. The van der Waals surface area contributed by atoms with Crippen molar-refractivity contribution in [3.8, 4) is 0 Å². The van der Waals surface area contributed by atoms with Gasteiger partial charge < -0.3 is 10.2 Å². The number of aromatic carboxylic acids is 2. The standard InChI is InChI=1S/C16H10N2O8/c19-15(20)11-5-3-9(7-13(11)17(23)24)1-2-10-4-6-12(16(21)22)14(8-10)18(25)26/h1-8H,(H,19,20)(H,21,22). The molecule has 132 valence electrons. The summed E-state index contributed by atoms with van der Waals surface area (Å²) in [6.07, 6.45) is 2.77. The predicted octanol–water partition coefficient (Wildman–Crippen LogP) is 3.07. The summed E-state index contributed by atoms with van der Waals surface area (Å²) in [5, 5.41) is 39.8. The number of hydrogen-bond donors (Lipinski definition) is 2. The van der Waals surface area contributed by atoms with E-state index in [-0.39, 0.29) is 0 Å². The van der Waals surface area contributed by atoms with Crippen LogP contribution in [0.2, 0.25) is 0 Å². The number of carbonyl (C=O) groups is 2. The van der Waals surface area contributed by atoms with Crippen molar-refractivity contribution in [1.29, 1.82) is 0 Å². The summed E-state index contributed by atoms with van der Waals surface area (Å²) >= 11 is 0. The molecular weight excluding hydrogens is 348 g/mol. The first-order chi connectivity index (χ1) is 12.2. The molecule has 2 N–H and O–H groups in total. The lowest BCUT2D eigenvalue weighted by Crippen LogP contribution is -2.02. The zero-order valence-electron chi connectivity index (χ0n) is 12.9. The van der Waals surface area contributed by atoms with Crippen LogP contribution in [-0.2, 0) is 0 Å². The molecule has 2 aromatic carbocycles. The van der Waals surface area contributed by atoms with Crippen molar-refractivity contribution in [2.24, 2.45) is 0 Å². The van der Waals surface area contributed by atoms with Crippen LogP contribution in [0.25, 0.3) is 12.2 Å². The molecule has 10 nitrogen and oxygen atoms in total. The Kier molecular flexibility index (Phi) is 5.07. The summed E-state index contributed by atoms with van der Waals surface area (Å²) in [7, 11) is 0. The maximum atomic E-state index is 11.0. The van der Waals surface area contributed by atoms with E-state index >= 15 is 0 Å². The van der Waals surface area contributed by atoms with Gasteiger partial charge in [-0.3, -0.25) is 20.2 Å². The monoisotopic (exact) mass is 358 g/mol. The molecule has 0 aliphatic carbocycles. The van der Waals surface area contributed by atoms with Crippen LogP contribution in [0.5, 0.6) is 0 Å². The fourth-order valence-corrected chi connectivity index (χ4v) is 2.16. The minimum absolute atomic E-state index is 0.298. The summed E-state index contributed by atoms with van der Waals surface area (Å²) in [5.41, 5.74) is -1.51. The number of carboxylic acids is 2. The molecule has 0 saturated heterocycles. The van der Waals surface area contributed by atoms with Crippen LogP contribution in [-0.4, -0.2) is 32.0 Å². The topological polar surface area (TPSA) is 161 Å². The van der Waals surface area contributed by atoms with Crippen molar-refractivity contribution >= 4 is 35.5 Å². The Balaban J connectivity index is 2.41. The fourth-order valence-electron chi connectivity index (χ4n) is 2.16. The van der Waals surface area contributed by atoms with Crippen molar-refractivity contribution < 1.29 is 29.6 Å². The molecule has 0 aliphatic heterocycles. The van der Waals surface area contributed by atoms with E-state index in [4.69, 9.17) is 10.2 Å². The number of nitro groups is 2. The van der Waals surface area contributed by atoms with E-state index in [9.17, 15) is 29.8 Å². The third-order valence-electron chi connectivity index (χ3n) is 3.37. The minimum Gasteiger partial charge on any atom is -0.477 e. The summed E-state index contributed by atoms with van der Waals surface area (Å²) < 4.78 is 0. The predicted molar refractivity (Wildman–Crippen MR) is 89.0 cm³/mol. The van der Waals surface area contributed by atoms with E-state index in [0.29, 0.717) is 11.1 Å². The van der Waals surface area contributed by atoms with Gasteiger partial charge in [-0.1, -0.05) is 24.3 Å². The summed E-state index contributed by atoms with van der Waals surface area (Å²) in [5.74, 6) is -2.88. The average molecular weight is 358 g/mol. The molecule has 10 heteroatoms. The average Bonchev–Trinajstić information content (AvgIpc) is 2.59. The number of benzene rings is 2. The third-order valence-corrected chi connectivity index (χ3v) is 3.37. The maximum absolute atomic E-state index is 11.0. The molecule has 26 heavy (non-hydrogen) atoms. The lowest BCUT2D eigenvalue weighted by atomic mass is 10.1. The van der Waals surface area contributed by atoms with Crippen LogP contribution in [0.3, 0.4) is 0 Å². The molecule has 0 aliphatic rings. The van der Waals surface area contributed by atoms with Crippen molar-refractivity contribution in [3.05, 3.63) is 78.9 Å². The van der Waals surface area contributed by atoms with E-state index < -0.39 is 44.3 Å². The van der Waals surface area contributed by atoms with Crippen molar-refractivity contribution in [2.75, 3.05) is 0 Å². The molecule has 0 unspecified atom stereocenters.